The minimum Gasteiger partial charge on any atom is -0.303 e. The molecule has 13 heteroatoms. The van der Waals surface area contributed by atoms with Gasteiger partial charge in [0.25, 0.3) is 25.6 Å². The molecule has 0 fully saturated rings. The van der Waals surface area contributed by atoms with Crippen LogP contribution in [0, 0.1) is 0 Å². The summed E-state index contributed by atoms with van der Waals surface area (Å²) in [7, 11) is 0. The molecule has 1 nitrogen and oxygen atoms in total. The van der Waals surface area contributed by atoms with Crippen molar-refractivity contribution in [2.24, 2.45) is 0 Å². The van der Waals surface area contributed by atoms with Gasteiger partial charge in [0.2, 0.25) is 12.3 Å². The molecule has 0 amide bonds. The van der Waals surface area contributed by atoms with Crippen LogP contribution in [0.5, 0.6) is 0 Å². The Labute approximate surface area is 108 Å². The Morgan fingerprint density at radius 3 is 0.952 bits per heavy atom. The van der Waals surface area contributed by atoms with Crippen LogP contribution >= 0.6 is 0 Å². The quantitative estimate of drug-likeness (QED) is 0.602. The highest BCUT2D eigenvalue weighted by molar-refractivity contribution is 4.86. The van der Waals surface area contributed by atoms with E-state index in [0.717, 1.165) is 0 Å². The smallest absolute Gasteiger partial charge is 0.303 e. The third kappa shape index (κ3) is 4.54. The monoisotopic (exact) mass is 346 g/mol. The Hall–Kier alpha value is -0.880. The van der Waals surface area contributed by atoms with Crippen LogP contribution < -0.4 is 0 Å². The lowest BCUT2D eigenvalue weighted by atomic mass is 10.2. The molecule has 0 saturated carbocycles. The molecule has 0 spiro atoms. The van der Waals surface area contributed by atoms with Crippen molar-refractivity contribution in [3.63, 3.8) is 0 Å². The summed E-state index contributed by atoms with van der Waals surface area (Å²) in [6, 6.07) is 0. The van der Waals surface area contributed by atoms with E-state index in [1.165, 1.54) is 0 Å². The molecule has 4 atom stereocenters. The van der Waals surface area contributed by atoms with Gasteiger partial charge in [0.15, 0.2) is 0 Å². The summed E-state index contributed by atoms with van der Waals surface area (Å²) in [5.41, 5.74) is 0. The summed E-state index contributed by atoms with van der Waals surface area (Å²) in [5.74, 6) is -11.5. The normalized spacial score (nSPS) is 19.7. The molecule has 0 aromatic rings. The molecule has 0 aliphatic rings. The topological polar surface area (TPSA) is 9.23 Å². The number of ether oxygens (including phenoxy) is 1. The standard InChI is InChI=1S/C8H6F12O/c9-1(3(11)12)7(17,18)5(15)21-6(16)8(19,20)2(10)4(13)14/h1-6H. The van der Waals surface area contributed by atoms with Crippen molar-refractivity contribution in [2.45, 2.75) is 49.8 Å². The fourth-order valence-electron chi connectivity index (χ4n) is 0.873. The zero-order chi connectivity index (χ0) is 17.2. The molecule has 0 saturated heterocycles. The van der Waals surface area contributed by atoms with Crippen LogP contribution in [0.3, 0.4) is 0 Å². The molecule has 0 aromatic heterocycles. The summed E-state index contributed by atoms with van der Waals surface area (Å²) in [6.07, 6.45) is -27.4. The van der Waals surface area contributed by atoms with E-state index < -0.39 is 49.8 Å². The van der Waals surface area contributed by atoms with Crippen molar-refractivity contribution in [1.82, 2.24) is 0 Å². The first-order valence-corrected chi connectivity index (χ1v) is 4.79. The van der Waals surface area contributed by atoms with E-state index in [2.05, 4.69) is 4.74 Å². The lowest BCUT2D eigenvalue weighted by Crippen LogP contribution is -2.51. The fourth-order valence-corrected chi connectivity index (χ4v) is 0.873. The predicted molar refractivity (Wildman–Crippen MR) is 42.6 cm³/mol. The first kappa shape index (κ1) is 20.1. The van der Waals surface area contributed by atoms with Gasteiger partial charge < -0.3 is 4.74 Å². The molecule has 0 radical (unpaired) electrons. The largest absolute Gasteiger partial charge is 0.338 e. The van der Waals surface area contributed by atoms with Crippen LogP contribution in [0.25, 0.3) is 0 Å². The molecular weight excluding hydrogens is 340 g/mol. The van der Waals surface area contributed by atoms with E-state index in [1.807, 2.05) is 0 Å². The second-order valence-corrected chi connectivity index (χ2v) is 3.59. The lowest BCUT2D eigenvalue weighted by Gasteiger charge is -2.28. The summed E-state index contributed by atoms with van der Waals surface area (Å²) in [4.78, 5) is 0. The Kier molecular flexibility index (Phi) is 6.63. The molecular formula is C8H6F12O. The van der Waals surface area contributed by atoms with E-state index in [1.54, 1.807) is 0 Å². The average Bonchev–Trinajstić information content (AvgIpc) is 2.35. The van der Waals surface area contributed by atoms with E-state index in [9.17, 15) is 52.7 Å². The summed E-state index contributed by atoms with van der Waals surface area (Å²) < 4.78 is 149. The van der Waals surface area contributed by atoms with E-state index >= 15 is 0 Å². The van der Waals surface area contributed by atoms with E-state index in [-0.39, 0.29) is 0 Å². The van der Waals surface area contributed by atoms with Gasteiger partial charge >= 0.3 is 11.8 Å². The molecule has 0 bridgehead atoms. The van der Waals surface area contributed by atoms with Gasteiger partial charge in [-0.2, -0.15) is 17.6 Å². The minimum absolute atomic E-state index is 2.54. The molecule has 0 aliphatic heterocycles. The van der Waals surface area contributed by atoms with Crippen LogP contribution in [-0.2, 0) is 4.74 Å². The number of halogens is 12. The van der Waals surface area contributed by atoms with Crippen molar-refractivity contribution < 1.29 is 57.4 Å². The molecule has 4 unspecified atom stereocenters. The van der Waals surface area contributed by atoms with Gasteiger partial charge in [-0.15, -0.1) is 0 Å². The van der Waals surface area contributed by atoms with E-state index in [0.29, 0.717) is 0 Å². The maximum atomic E-state index is 12.6. The Morgan fingerprint density at radius 1 is 0.524 bits per heavy atom. The molecule has 0 heterocycles. The number of alkyl halides is 12. The van der Waals surface area contributed by atoms with Crippen molar-refractivity contribution in [1.29, 1.82) is 0 Å². The van der Waals surface area contributed by atoms with Gasteiger partial charge in [0.05, 0.1) is 0 Å². The molecule has 0 aliphatic carbocycles. The second kappa shape index (κ2) is 6.92. The highest BCUT2D eigenvalue weighted by atomic mass is 19.3. The van der Waals surface area contributed by atoms with Crippen molar-refractivity contribution >= 4 is 0 Å². The maximum absolute atomic E-state index is 12.6. The average molecular weight is 346 g/mol. The lowest BCUT2D eigenvalue weighted by molar-refractivity contribution is -0.319. The summed E-state index contributed by atoms with van der Waals surface area (Å²) in [6.45, 7) is 0. The third-order valence-electron chi connectivity index (χ3n) is 2.02. The minimum atomic E-state index is -5.77. The fraction of sp³-hybridized carbons (Fsp3) is 1.00. The molecule has 0 N–H and O–H groups in total. The molecule has 0 aromatic carbocycles. The number of hydrogen-bond acceptors (Lipinski definition) is 1. The third-order valence-corrected chi connectivity index (χ3v) is 2.02. The zero-order valence-corrected chi connectivity index (χ0v) is 9.41. The molecule has 128 valence electrons. The molecule has 21 heavy (non-hydrogen) atoms. The zero-order valence-electron chi connectivity index (χ0n) is 9.41. The van der Waals surface area contributed by atoms with Gasteiger partial charge in [-0.05, 0) is 0 Å². The van der Waals surface area contributed by atoms with Crippen molar-refractivity contribution in [3.05, 3.63) is 0 Å². The van der Waals surface area contributed by atoms with Crippen LogP contribution in [-0.4, -0.2) is 49.8 Å². The van der Waals surface area contributed by atoms with Gasteiger partial charge in [0.1, 0.15) is 0 Å². The number of rotatable bonds is 8. The first-order valence-electron chi connectivity index (χ1n) is 4.79. The highest BCUT2D eigenvalue weighted by Gasteiger charge is 2.59. The van der Waals surface area contributed by atoms with Crippen LogP contribution in [0.2, 0.25) is 0 Å². The predicted octanol–water partition coefficient (Wildman–Crippen LogP) is 4.07. The Morgan fingerprint density at radius 2 is 0.762 bits per heavy atom. The van der Waals surface area contributed by atoms with Gasteiger partial charge in [-0.25, -0.2) is 35.1 Å². The van der Waals surface area contributed by atoms with Crippen LogP contribution in [0.4, 0.5) is 52.7 Å². The summed E-state index contributed by atoms with van der Waals surface area (Å²) in [5, 5.41) is 0. The van der Waals surface area contributed by atoms with Crippen molar-refractivity contribution in [2.75, 3.05) is 0 Å². The second-order valence-electron chi connectivity index (χ2n) is 3.59. The van der Waals surface area contributed by atoms with Crippen LogP contribution in [0.1, 0.15) is 0 Å². The van der Waals surface area contributed by atoms with Crippen LogP contribution in [0.15, 0.2) is 0 Å². The number of hydrogen-bond donors (Lipinski definition) is 0. The first-order chi connectivity index (χ1) is 9.26. The highest BCUT2D eigenvalue weighted by Crippen LogP contribution is 2.37. The summed E-state index contributed by atoms with van der Waals surface area (Å²) >= 11 is 0. The maximum Gasteiger partial charge on any atom is 0.338 e. The Balaban J connectivity index is 4.96. The Bertz CT molecular complexity index is 290. The van der Waals surface area contributed by atoms with E-state index in [4.69, 9.17) is 0 Å². The van der Waals surface area contributed by atoms with Gasteiger partial charge in [-0.1, -0.05) is 0 Å². The van der Waals surface area contributed by atoms with Gasteiger partial charge in [-0.3, -0.25) is 0 Å². The van der Waals surface area contributed by atoms with Gasteiger partial charge in [0, 0.05) is 0 Å². The SMILES string of the molecule is FC(F)C(F)C(F)(F)C(F)OC(F)C(F)(F)C(F)C(F)F. The molecule has 0 rings (SSSR count). The van der Waals surface area contributed by atoms with Crippen molar-refractivity contribution in [3.8, 4) is 0 Å².